The van der Waals surface area contributed by atoms with Gasteiger partial charge in [0.15, 0.2) is 0 Å². The number of nitrogens with one attached hydrogen (secondary N) is 1. The molecule has 1 aromatic rings. The molecule has 2 unspecified atom stereocenters. The van der Waals surface area contributed by atoms with E-state index in [1.165, 1.54) is 0 Å². The molecule has 134 valence electrons. The number of amides is 3. The molecule has 2 fully saturated rings. The number of rotatable bonds is 3. The SMILES string of the molecule is CC1CN(C(=O)c2cc(N3CCNC3=O)ccc2Cl)CCC1C(=O)O. The fraction of sp³-hybridized carbons (Fsp3) is 0.471. The van der Waals surface area contributed by atoms with Crippen molar-refractivity contribution in [3.63, 3.8) is 0 Å². The normalized spacial score (nSPS) is 23.5. The third-order valence-corrected chi connectivity index (χ3v) is 5.19. The van der Waals surface area contributed by atoms with Gasteiger partial charge < -0.3 is 15.3 Å². The molecular formula is C17H20ClN3O4. The third kappa shape index (κ3) is 3.42. The molecule has 0 spiro atoms. The summed E-state index contributed by atoms with van der Waals surface area (Å²) in [5, 5.41) is 12.2. The maximum atomic E-state index is 12.9. The van der Waals surface area contributed by atoms with Gasteiger partial charge in [-0.25, -0.2) is 4.79 Å². The van der Waals surface area contributed by atoms with Gasteiger partial charge in [0.05, 0.1) is 16.5 Å². The van der Waals surface area contributed by atoms with E-state index in [0.29, 0.717) is 48.9 Å². The molecule has 25 heavy (non-hydrogen) atoms. The van der Waals surface area contributed by atoms with Gasteiger partial charge in [0, 0.05) is 31.9 Å². The van der Waals surface area contributed by atoms with E-state index in [4.69, 9.17) is 11.6 Å². The summed E-state index contributed by atoms with van der Waals surface area (Å²) in [5.74, 6) is -1.61. The Morgan fingerprint density at radius 2 is 2.08 bits per heavy atom. The van der Waals surface area contributed by atoms with Crippen molar-refractivity contribution in [3.8, 4) is 0 Å². The van der Waals surface area contributed by atoms with Gasteiger partial charge in [-0.15, -0.1) is 0 Å². The van der Waals surface area contributed by atoms with Gasteiger partial charge in [-0.05, 0) is 30.5 Å². The predicted octanol–water partition coefficient (Wildman–Crippen LogP) is 2.05. The Bertz CT molecular complexity index is 724. The second kappa shape index (κ2) is 6.92. The number of benzene rings is 1. The molecule has 2 heterocycles. The lowest BCUT2D eigenvalue weighted by molar-refractivity contribution is -0.145. The molecule has 8 heteroatoms. The van der Waals surface area contributed by atoms with Crippen LogP contribution in [-0.4, -0.2) is 54.1 Å². The lowest BCUT2D eigenvalue weighted by Crippen LogP contribution is -2.45. The number of anilines is 1. The molecule has 0 aromatic heterocycles. The molecule has 0 saturated carbocycles. The Kier molecular flexibility index (Phi) is 4.85. The van der Waals surface area contributed by atoms with Gasteiger partial charge in [0.25, 0.3) is 5.91 Å². The molecular weight excluding hydrogens is 346 g/mol. The summed E-state index contributed by atoms with van der Waals surface area (Å²) in [7, 11) is 0. The highest BCUT2D eigenvalue weighted by Crippen LogP contribution is 2.29. The van der Waals surface area contributed by atoms with Crippen LogP contribution in [0.2, 0.25) is 5.02 Å². The average molecular weight is 366 g/mol. The molecule has 1 aromatic carbocycles. The number of carboxylic acid groups (broad SMARTS) is 1. The zero-order valence-corrected chi connectivity index (χ0v) is 14.6. The number of carboxylic acids is 1. The van der Waals surface area contributed by atoms with Crippen LogP contribution in [0.4, 0.5) is 10.5 Å². The monoisotopic (exact) mass is 365 g/mol. The summed E-state index contributed by atoms with van der Waals surface area (Å²) in [6.07, 6.45) is 0.425. The average Bonchev–Trinajstić information content (AvgIpc) is 3.00. The van der Waals surface area contributed by atoms with E-state index < -0.39 is 11.9 Å². The van der Waals surface area contributed by atoms with E-state index in [1.807, 2.05) is 6.92 Å². The second-order valence-electron chi connectivity index (χ2n) is 6.51. The first-order valence-corrected chi connectivity index (χ1v) is 8.63. The third-order valence-electron chi connectivity index (χ3n) is 4.86. The fourth-order valence-electron chi connectivity index (χ4n) is 3.43. The van der Waals surface area contributed by atoms with Crippen molar-refractivity contribution in [2.75, 3.05) is 31.1 Å². The van der Waals surface area contributed by atoms with Gasteiger partial charge in [0.2, 0.25) is 0 Å². The molecule has 3 amide bonds. The summed E-state index contributed by atoms with van der Waals surface area (Å²) in [4.78, 5) is 39.1. The van der Waals surface area contributed by atoms with Crippen molar-refractivity contribution >= 4 is 35.2 Å². The minimum atomic E-state index is -0.820. The van der Waals surface area contributed by atoms with Crippen molar-refractivity contribution in [1.82, 2.24) is 10.2 Å². The Morgan fingerprint density at radius 1 is 1.32 bits per heavy atom. The van der Waals surface area contributed by atoms with Crippen LogP contribution in [0.25, 0.3) is 0 Å². The van der Waals surface area contributed by atoms with E-state index in [9.17, 15) is 19.5 Å². The highest BCUT2D eigenvalue weighted by Gasteiger charge is 2.34. The molecule has 7 nitrogen and oxygen atoms in total. The van der Waals surface area contributed by atoms with Crippen LogP contribution in [0, 0.1) is 11.8 Å². The van der Waals surface area contributed by atoms with Crippen molar-refractivity contribution < 1.29 is 19.5 Å². The number of carbonyl (C=O) groups excluding carboxylic acids is 2. The molecule has 2 N–H and O–H groups in total. The molecule has 0 aliphatic carbocycles. The number of nitrogens with zero attached hydrogens (tertiary/aromatic N) is 2. The number of hydrogen-bond donors (Lipinski definition) is 2. The Balaban J connectivity index is 1.80. The fourth-order valence-corrected chi connectivity index (χ4v) is 3.63. The van der Waals surface area contributed by atoms with Crippen LogP contribution in [0.5, 0.6) is 0 Å². The minimum Gasteiger partial charge on any atom is -0.481 e. The maximum Gasteiger partial charge on any atom is 0.321 e. The van der Waals surface area contributed by atoms with Crippen molar-refractivity contribution in [1.29, 1.82) is 0 Å². The molecule has 3 rings (SSSR count). The summed E-state index contributed by atoms with van der Waals surface area (Å²) in [5.41, 5.74) is 0.955. The van der Waals surface area contributed by atoms with Gasteiger partial charge in [-0.3, -0.25) is 14.5 Å². The lowest BCUT2D eigenvalue weighted by Gasteiger charge is -2.35. The second-order valence-corrected chi connectivity index (χ2v) is 6.92. The number of aliphatic carboxylic acids is 1. The zero-order chi connectivity index (χ0) is 18.1. The standard InChI is InChI=1S/C17H20ClN3O4/c1-10-9-20(6-4-12(10)16(23)24)15(22)13-8-11(2-3-14(13)18)21-7-5-19-17(21)25/h2-3,8,10,12H,4-7,9H2,1H3,(H,19,25)(H,23,24). The Labute approximate surface area is 150 Å². The number of hydrogen-bond acceptors (Lipinski definition) is 3. The topological polar surface area (TPSA) is 90.0 Å². The smallest absolute Gasteiger partial charge is 0.321 e. The van der Waals surface area contributed by atoms with Crippen molar-refractivity contribution in [3.05, 3.63) is 28.8 Å². The Hall–Kier alpha value is -2.28. The molecule has 2 aliphatic heterocycles. The van der Waals surface area contributed by atoms with Crippen LogP contribution in [-0.2, 0) is 4.79 Å². The van der Waals surface area contributed by atoms with Crippen LogP contribution in [0.1, 0.15) is 23.7 Å². The highest BCUT2D eigenvalue weighted by molar-refractivity contribution is 6.34. The number of piperidine rings is 1. The molecule has 0 bridgehead atoms. The van der Waals surface area contributed by atoms with Crippen LogP contribution in [0.15, 0.2) is 18.2 Å². The van der Waals surface area contributed by atoms with Crippen molar-refractivity contribution in [2.45, 2.75) is 13.3 Å². The van der Waals surface area contributed by atoms with E-state index in [1.54, 1.807) is 28.0 Å². The lowest BCUT2D eigenvalue weighted by atomic mass is 9.87. The van der Waals surface area contributed by atoms with Crippen LogP contribution < -0.4 is 10.2 Å². The van der Waals surface area contributed by atoms with Crippen molar-refractivity contribution in [2.24, 2.45) is 11.8 Å². The van der Waals surface area contributed by atoms with Gasteiger partial charge in [0.1, 0.15) is 0 Å². The van der Waals surface area contributed by atoms with Gasteiger partial charge in [-0.1, -0.05) is 18.5 Å². The minimum absolute atomic E-state index is 0.124. The first kappa shape index (κ1) is 17.5. The summed E-state index contributed by atoms with van der Waals surface area (Å²) < 4.78 is 0. The summed E-state index contributed by atoms with van der Waals surface area (Å²) in [6.45, 7) is 3.69. The first-order chi connectivity index (χ1) is 11.9. The zero-order valence-electron chi connectivity index (χ0n) is 13.9. The Morgan fingerprint density at radius 3 is 2.68 bits per heavy atom. The molecule has 2 saturated heterocycles. The van der Waals surface area contributed by atoms with E-state index in [-0.39, 0.29) is 17.9 Å². The number of halogens is 1. The number of likely N-dealkylation sites (tertiary alicyclic amines) is 1. The maximum absolute atomic E-state index is 12.9. The highest BCUT2D eigenvalue weighted by atomic mass is 35.5. The summed E-state index contributed by atoms with van der Waals surface area (Å²) in [6, 6.07) is 4.76. The van der Waals surface area contributed by atoms with Gasteiger partial charge in [-0.2, -0.15) is 0 Å². The van der Waals surface area contributed by atoms with E-state index >= 15 is 0 Å². The molecule has 0 radical (unpaired) electrons. The predicted molar refractivity (Wildman–Crippen MR) is 93.0 cm³/mol. The van der Waals surface area contributed by atoms with Crippen LogP contribution in [0.3, 0.4) is 0 Å². The van der Waals surface area contributed by atoms with Crippen LogP contribution >= 0.6 is 11.6 Å². The first-order valence-electron chi connectivity index (χ1n) is 8.25. The number of carbonyl (C=O) groups is 3. The largest absolute Gasteiger partial charge is 0.481 e. The quantitative estimate of drug-likeness (QED) is 0.857. The number of urea groups is 1. The molecule has 2 atom stereocenters. The van der Waals surface area contributed by atoms with E-state index in [0.717, 1.165) is 0 Å². The van der Waals surface area contributed by atoms with Gasteiger partial charge >= 0.3 is 12.0 Å². The summed E-state index contributed by atoms with van der Waals surface area (Å²) >= 11 is 6.21. The van der Waals surface area contributed by atoms with E-state index in [2.05, 4.69) is 5.32 Å². The molecule has 2 aliphatic rings.